The third-order valence-electron chi connectivity index (χ3n) is 2.96. The maximum absolute atomic E-state index is 13.4. The van der Waals surface area contributed by atoms with Gasteiger partial charge in [-0.1, -0.05) is 0 Å². The van der Waals surface area contributed by atoms with Gasteiger partial charge in [0.05, 0.1) is 15.7 Å². The number of carbonyl (C=O) groups excluding carboxylic acids is 1. The summed E-state index contributed by atoms with van der Waals surface area (Å²) in [6.45, 7) is 0. The average molecular weight is 305 g/mol. The normalized spacial score (nSPS) is 17.4. The lowest BCUT2D eigenvalue weighted by atomic mass is 9.77. The minimum atomic E-state index is -0.909. The zero-order valence-electron chi connectivity index (χ0n) is 8.90. The lowest BCUT2D eigenvalue weighted by molar-refractivity contribution is -0.123. The van der Waals surface area contributed by atoms with E-state index in [9.17, 15) is 13.6 Å². The molecule has 0 heterocycles. The van der Waals surface area contributed by atoms with Gasteiger partial charge in [-0.2, -0.15) is 0 Å². The van der Waals surface area contributed by atoms with Crippen LogP contribution in [0.2, 0.25) is 0 Å². The molecule has 1 fully saturated rings. The second-order valence-electron chi connectivity index (χ2n) is 4.21. The van der Waals surface area contributed by atoms with Gasteiger partial charge in [-0.3, -0.25) is 4.79 Å². The van der Waals surface area contributed by atoms with Gasteiger partial charge in [0.1, 0.15) is 11.6 Å². The van der Waals surface area contributed by atoms with Crippen LogP contribution in [0.15, 0.2) is 16.6 Å². The van der Waals surface area contributed by atoms with Crippen molar-refractivity contribution in [2.45, 2.75) is 24.8 Å². The van der Waals surface area contributed by atoms with Crippen molar-refractivity contribution in [1.82, 2.24) is 0 Å². The molecule has 0 spiro atoms. The smallest absolute Gasteiger partial charge is 0.244 e. The summed E-state index contributed by atoms with van der Waals surface area (Å²) < 4.78 is 26.5. The molecule has 6 heteroatoms. The van der Waals surface area contributed by atoms with Crippen LogP contribution in [-0.4, -0.2) is 11.4 Å². The van der Waals surface area contributed by atoms with E-state index in [0.29, 0.717) is 18.9 Å². The highest BCUT2D eigenvalue weighted by Crippen LogP contribution is 2.31. The standard InChI is InChI=1S/C11H11BrF2N2O/c12-6-4-9(8(14)5-7(6)13)16-10(17)11(15)2-1-3-11/h4-5H,1-3,15H2,(H,16,17). The highest BCUT2D eigenvalue weighted by Gasteiger charge is 2.40. The maximum atomic E-state index is 13.4. The van der Waals surface area contributed by atoms with Crippen molar-refractivity contribution in [3.8, 4) is 0 Å². The number of halogens is 3. The molecular weight excluding hydrogens is 294 g/mol. The number of rotatable bonds is 2. The Bertz CT molecular complexity index is 475. The Morgan fingerprint density at radius 2 is 2.00 bits per heavy atom. The summed E-state index contributed by atoms with van der Waals surface area (Å²) in [4.78, 5) is 11.8. The average Bonchev–Trinajstić information content (AvgIpc) is 2.22. The fourth-order valence-corrected chi connectivity index (χ4v) is 1.99. The van der Waals surface area contributed by atoms with E-state index >= 15 is 0 Å². The van der Waals surface area contributed by atoms with Crippen LogP contribution in [0, 0.1) is 11.6 Å². The van der Waals surface area contributed by atoms with E-state index in [-0.39, 0.29) is 10.2 Å². The quantitative estimate of drug-likeness (QED) is 0.825. The molecule has 1 aromatic rings. The highest BCUT2D eigenvalue weighted by molar-refractivity contribution is 9.10. The Kier molecular flexibility index (Phi) is 3.18. The summed E-state index contributed by atoms with van der Waals surface area (Å²) in [5.41, 5.74) is 4.81. The van der Waals surface area contributed by atoms with E-state index in [2.05, 4.69) is 21.2 Å². The van der Waals surface area contributed by atoms with Crippen LogP contribution in [0.3, 0.4) is 0 Å². The predicted molar refractivity (Wildman–Crippen MR) is 63.5 cm³/mol. The summed E-state index contributed by atoms with van der Waals surface area (Å²) in [6, 6.07) is 1.90. The number of amides is 1. The zero-order chi connectivity index (χ0) is 12.6. The van der Waals surface area contributed by atoms with Crippen molar-refractivity contribution in [3.05, 3.63) is 28.2 Å². The molecule has 0 bridgehead atoms. The highest BCUT2D eigenvalue weighted by atomic mass is 79.9. The minimum Gasteiger partial charge on any atom is -0.322 e. The fraction of sp³-hybridized carbons (Fsp3) is 0.364. The van der Waals surface area contributed by atoms with Crippen LogP contribution in [-0.2, 0) is 4.79 Å². The summed E-state index contributed by atoms with van der Waals surface area (Å²) >= 11 is 2.93. The van der Waals surface area contributed by atoms with Crippen molar-refractivity contribution < 1.29 is 13.6 Å². The van der Waals surface area contributed by atoms with Gasteiger partial charge < -0.3 is 11.1 Å². The molecule has 0 saturated heterocycles. The van der Waals surface area contributed by atoms with Crippen molar-refractivity contribution in [2.75, 3.05) is 5.32 Å². The van der Waals surface area contributed by atoms with E-state index in [4.69, 9.17) is 5.73 Å². The van der Waals surface area contributed by atoms with Gasteiger partial charge in [0.25, 0.3) is 0 Å². The number of hydrogen-bond acceptors (Lipinski definition) is 2. The van der Waals surface area contributed by atoms with Crippen LogP contribution in [0.25, 0.3) is 0 Å². The van der Waals surface area contributed by atoms with E-state index in [1.54, 1.807) is 0 Å². The van der Waals surface area contributed by atoms with Gasteiger partial charge in [0.2, 0.25) is 5.91 Å². The van der Waals surface area contributed by atoms with Gasteiger partial charge >= 0.3 is 0 Å². The van der Waals surface area contributed by atoms with Crippen molar-refractivity contribution in [2.24, 2.45) is 5.73 Å². The van der Waals surface area contributed by atoms with E-state index in [1.807, 2.05) is 0 Å². The van der Waals surface area contributed by atoms with Gasteiger partial charge in [-0.15, -0.1) is 0 Å². The summed E-state index contributed by atoms with van der Waals surface area (Å²) in [6.07, 6.45) is 2.06. The number of nitrogens with one attached hydrogen (secondary N) is 1. The molecule has 17 heavy (non-hydrogen) atoms. The Morgan fingerprint density at radius 1 is 1.35 bits per heavy atom. The fourth-order valence-electron chi connectivity index (χ4n) is 1.65. The Morgan fingerprint density at radius 3 is 2.53 bits per heavy atom. The Labute approximate surface area is 106 Å². The Balaban J connectivity index is 2.19. The van der Waals surface area contributed by atoms with Crippen LogP contribution >= 0.6 is 15.9 Å². The first-order chi connectivity index (χ1) is 7.92. The lowest BCUT2D eigenvalue weighted by Gasteiger charge is -2.36. The number of carbonyl (C=O) groups is 1. The van der Waals surface area contributed by atoms with Crippen molar-refractivity contribution in [3.63, 3.8) is 0 Å². The first-order valence-corrected chi connectivity index (χ1v) is 5.96. The van der Waals surface area contributed by atoms with E-state index in [1.165, 1.54) is 6.07 Å². The zero-order valence-corrected chi connectivity index (χ0v) is 10.5. The van der Waals surface area contributed by atoms with Gasteiger partial charge in [-0.05, 0) is 41.3 Å². The monoisotopic (exact) mass is 304 g/mol. The third kappa shape index (κ3) is 2.32. The molecule has 1 saturated carbocycles. The van der Waals surface area contributed by atoms with Crippen molar-refractivity contribution in [1.29, 1.82) is 0 Å². The van der Waals surface area contributed by atoms with E-state index in [0.717, 1.165) is 6.42 Å². The van der Waals surface area contributed by atoms with Crippen LogP contribution in [0.1, 0.15) is 19.3 Å². The molecule has 92 valence electrons. The number of nitrogens with two attached hydrogens (primary N) is 1. The molecule has 1 aliphatic rings. The van der Waals surface area contributed by atoms with Crippen LogP contribution < -0.4 is 11.1 Å². The third-order valence-corrected chi connectivity index (χ3v) is 3.56. The number of hydrogen-bond donors (Lipinski definition) is 2. The SMILES string of the molecule is NC1(C(=O)Nc2cc(Br)c(F)cc2F)CCC1. The molecule has 0 unspecified atom stereocenters. The second kappa shape index (κ2) is 4.34. The molecule has 0 atom stereocenters. The first kappa shape index (κ1) is 12.4. The largest absolute Gasteiger partial charge is 0.322 e. The topological polar surface area (TPSA) is 55.1 Å². The Hall–Kier alpha value is -1.01. The molecule has 0 aliphatic heterocycles. The summed E-state index contributed by atoms with van der Waals surface area (Å²) in [5.74, 6) is -1.96. The molecule has 0 radical (unpaired) electrons. The van der Waals surface area contributed by atoms with Gasteiger partial charge in [-0.25, -0.2) is 8.78 Å². The number of anilines is 1. The van der Waals surface area contributed by atoms with Crippen LogP contribution in [0.5, 0.6) is 0 Å². The summed E-state index contributed by atoms with van der Waals surface area (Å²) in [7, 11) is 0. The molecule has 2 rings (SSSR count). The molecule has 3 N–H and O–H groups in total. The maximum Gasteiger partial charge on any atom is 0.244 e. The minimum absolute atomic E-state index is 0.0694. The molecule has 1 aromatic carbocycles. The van der Waals surface area contributed by atoms with Gasteiger partial charge in [0, 0.05) is 6.07 Å². The van der Waals surface area contributed by atoms with E-state index < -0.39 is 23.1 Å². The number of benzene rings is 1. The van der Waals surface area contributed by atoms with Gasteiger partial charge in [0.15, 0.2) is 0 Å². The van der Waals surface area contributed by atoms with Crippen LogP contribution in [0.4, 0.5) is 14.5 Å². The molecule has 0 aromatic heterocycles. The molecule has 3 nitrogen and oxygen atoms in total. The predicted octanol–water partition coefficient (Wildman–Crippen LogP) is 2.55. The molecule has 1 amide bonds. The summed E-state index contributed by atoms with van der Waals surface area (Å²) in [5, 5.41) is 2.39. The lowest BCUT2D eigenvalue weighted by Crippen LogP contribution is -2.56. The molecular formula is C11H11BrF2N2O. The molecule has 1 aliphatic carbocycles. The first-order valence-electron chi connectivity index (χ1n) is 5.17. The second-order valence-corrected chi connectivity index (χ2v) is 5.06. The van der Waals surface area contributed by atoms with Crippen molar-refractivity contribution >= 4 is 27.5 Å².